The molecule has 0 bridgehead atoms. The molecule has 0 aromatic heterocycles. The average molecular weight is 389 g/mol. The van der Waals surface area contributed by atoms with E-state index in [1.807, 2.05) is 20.8 Å². The summed E-state index contributed by atoms with van der Waals surface area (Å²) in [5.41, 5.74) is -0.325. The van der Waals surface area contributed by atoms with Crippen LogP contribution < -0.4 is 0 Å². The second-order valence-corrected chi connectivity index (χ2v) is 8.71. The van der Waals surface area contributed by atoms with Crippen molar-refractivity contribution in [1.82, 2.24) is 0 Å². The summed E-state index contributed by atoms with van der Waals surface area (Å²) in [5, 5.41) is 0. The minimum absolute atomic E-state index is 0.00652. The van der Waals surface area contributed by atoms with E-state index in [0.29, 0.717) is 6.42 Å². The molecule has 6 nitrogen and oxygen atoms in total. The lowest BCUT2D eigenvalue weighted by Crippen LogP contribution is -2.41. The molecule has 0 amide bonds. The summed E-state index contributed by atoms with van der Waals surface area (Å²) in [6.07, 6.45) is 0.317. The van der Waals surface area contributed by atoms with Gasteiger partial charge in [0.05, 0.1) is 18.1 Å². The molecule has 25 heavy (non-hydrogen) atoms. The van der Waals surface area contributed by atoms with Gasteiger partial charge in [-0.25, -0.2) is 0 Å². The van der Waals surface area contributed by atoms with Crippen molar-refractivity contribution in [2.75, 3.05) is 19.4 Å². The summed E-state index contributed by atoms with van der Waals surface area (Å²) in [4.78, 5) is 12.5. The average Bonchev–Trinajstić information content (AvgIpc) is 2.53. The molecule has 0 aliphatic carbocycles. The van der Waals surface area contributed by atoms with Gasteiger partial charge < -0.3 is 4.74 Å². The Labute approximate surface area is 151 Å². The highest BCUT2D eigenvalue weighted by molar-refractivity contribution is 7.86. The Morgan fingerprint density at radius 1 is 1.24 bits per heavy atom. The molecule has 1 aromatic carbocycles. The highest BCUT2D eigenvalue weighted by Gasteiger charge is 2.45. The number of carbonyl (C=O) groups excluding carboxylic acids is 1. The molecule has 8 heteroatoms. The molecule has 0 aliphatic heterocycles. The Kier molecular flexibility index (Phi) is 8.19. The van der Waals surface area contributed by atoms with Crippen molar-refractivity contribution in [2.45, 2.75) is 39.0 Å². The second-order valence-electron chi connectivity index (χ2n) is 6.45. The van der Waals surface area contributed by atoms with Crippen LogP contribution in [0.3, 0.4) is 0 Å². The molecule has 0 radical (unpaired) electrons. The predicted octanol–water partition coefficient (Wildman–Crippen LogP) is 3.32. The molecule has 1 rings (SSSR count). The van der Waals surface area contributed by atoms with Crippen molar-refractivity contribution >= 4 is 24.5 Å². The highest BCUT2D eigenvalue weighted by Crippen LogP contribution is 2.33. The lowest BCUT2D eigenvalue weighted by molar-refractivity contribution is -0.156. The Bertz CT molecular complexity index is 684. The van der Waals surface area contributed by atoms with Crippen LogP contribution in [0.15, 0.2) is 29.2 Å². The van der Waals surface area contributed by atoms with E-state index in [1.165, 1.54) is 12.1 Å². The van der Waals surface area contributed by atoms with Gasteiger partial charge in [0.2, 0.25) is 0 Å². The minimum Gasteiger partial charge on any atom is -0.465 e. The maximum absolute atomic E-state index is 12.5. The first kappa shape index (κ1) is 21.7. The van der Waals surface area contributed by atoms with Gasteiger partial charge in [-0.15, -0.1) is 0 Å². The SMILES string of the molecule is CCOC(=O)C(COS(=O)(=O)c1ccc(C)cc1)(C[PH+]=O)CC(C)C. The number of hydrogen-bond acceptors (Lipinski definition) is 6. The largest absolute Gasteiger partial charge is 0.465 e. The summed E-state index contributed by atoms with van der Waals surface area (Å²) in [6, 6.07) is 6.24. The van der Waals surface area contributed by atoms with Crippen LogP contribution in [0.25, 0.3) is 0 Å². The first-order valence-corrected chi connectivity index (χ1v) is 10.7. The molecule has 0 spiro atoms. The van der Waals surface area contributed by atoms with E-state index in [1.54, 1.807) is 19.1 Å². The maximum atomic E-state index is 12.5. The molecule has 2 unspecified atom stereocenters. The Morgan fingerprint density at radius 3 is 2.32 bits per heavy atom. The monoisotopic (exact) mass is 389 g/mol. The summed E-state index contributed by atoms with van der Waals surface area (Å²) in [6.45, 7) is 7.08. The van der Waals surface area contributed by atoms with E-state index in [-0.39, 0.29) is 23.6 Å². The second kappa shape index (κ2) is 9.41. The van der Waals surface area contributed by atoms with Crippen LogP contribution in [-0.4, -0.2) is 33.8 Å². The van der Waals surface area contributed by atoms with E-state index in [9.17, 15) is 17.8 Å². The molecular weight excluding hydrogens is 363 g/mol. The fourth-order valence-corrected chi connectivity index (χ4v) is 4.22. The topological polar surface area (TPSA) is 86.7 Å². The van der Waals surface area contributed by atoms with Crippen molar-refractivity contribution in [3.05, 3.63) is 29.8 Å². The van der Waals surface area contributed by atoms with Crippen molar-refractivity contribution in [2.24, 2.45) is 11.3 Å². The Balaban J connectivity index is 3.09. The third-order valence-electron chi connectivity index (χ3n) is 3.72. The fourth-order valence-electron chi connectivity index (χ4n) is 2.56. The number of ether oxygens (including phenoxy) is 1. The highest BCUT2D eigenvalue weighted by atomic mass is 32.2. The molecule has 0 N–H and O–H groups in total. The molecule has 0 heterocycles. The van der Waals surface area contributed by atoms with Crippen LogP contribution in [0.1, 0.15) is 32.8 Å². The standard InChI is InChI=1S/C17H25O6PS/c1-5-22-16(18)17(12-24-19,10-13(2)3)11-23-25(20,21)15-8-6-14(4)7-9-15/h6-9,13H,5,10-12H2,1-4H3/p+1. The lowest BCUT2D eigenvalue weighted by atomic mass is 9.82. The maximum Gasteiger partial charge on any atom is 0.326 e. The Hall–Kier alpha value is -1.30. The summed E-state index contributed by atoms with van der Waals surface area (Å²) in [5.74, 6) is -0.502. The fraction of sp³-hybridized carbons (Fsp3) is 0.588. The number of hydrogen-bond donors (Lipinski definition) is 0. The number of aryl methyl sites for hydroxylation is 1. The van der Waals surface area contributed by atoms with E-state index in [0.717, 1.165) is 5.56 Å². The molecule has 1 aromatic rings. The van der Waals surface area contributed by atoms with E-state index in [4.69, 9.17) is 8.92 Å². The quantitative estimate of drug-likeness (QED) is 0.347. The van der Waals surface area contributed by atoms with E-state index in [2.05, 4.69) is 0 Å². The normalized spacial score (nSPS) is 14.4. The van der Waals surface area contributed by atoms with E-state index >= 15 is 0 Å². The van der Waals surface area contributed by atoms with Crippen molar-refractivity contribution in [1.29, 1.82) is 0 Å². The number of rotatable bonds is 10. The molecule has 0 aliphatic rings. The van der Waals surface area contributed by atoms with Gasteiger partial charge in [0.1, 0.15) is 5.41 Å². The van der Waals surface area contributed by atoms with E-state index < -0.39 is 36.6 Å². The van der Waals surface area contributed by atoms with Crippen LogP contribution in [0.4, 0.5) is 0 Å². The van der Waals surface area contributed by atoms with Crippen LogP contribution in [0.2, 0.25) is 0 Å². The van der Waals surface area contributed by atoms with Gasteiger partial charge in [-0.1, -0.05) is 36.1 Å². The van der Waals surface area contributed by atoms with Crippen LogP contribution >= 0.6 is 8.46 Å². The summed E-state index contributed by atoms with van der Waals surface area (Å²) >= 11 is 0. The molecular formula is C17H26O6PS+. The third kappa shape index (κ3) is 6.17. The van der Waals surface area contributed by atoms with Gasteiger partial charge in [-0.05, 0) is 38.3 Å². The van der Waals surface area contributed by atoms with Gasteiger partial charge in [0.25, 0.3) is 10.1 Å². The van der Waals surface area contributed by atoms with Gasteiger partial charge in [-0.2, -0.15) is 8.42 Å². The smallest absolute Gasteiger partial charge is 0.326 e. The summed E-state index contributed by atoms with van der Waals surface area (Å²) < 4.78 is 46.4. The van der Waals surface area contributed by atoms with Gasteiger partial charge in [-0.3, -0.25) is 8.98 Å². The van der Waals surface area contributed by atoms with Gasteiger partial charge in [0.15, 0.2) is 6.16 Å². The zero-order valence-corrected chi connectivity index (χ0v) is 16.9. The molecule has 0 saturated carbocycles. The number of benzene rings is 1. The van der Waals surface area contributed by atoms with Crippen molar-refractivity contribution in [3.8, 4) is 0 Å². The predicted molar refractivity (Wildman–Crippen MR) is 96.7 cm³/mol. The lowest BCUT2D eigenvalue weighted by Gasteiger charge is -2.28. The first-order valence-electron chi connectivity index (χ1n) is 8.15. The summed E-state index contributed by atoms with van der Waals surface area (Å²) in [7, 11) is -4.78. The number of carbonyl (C=O) groups is 1. The zero-order chi connectivity index (χ0) is 19.1. The molecule has 0 fully saturated rings. The molecule has 2 atom stereocenters. The number of esters is 1. The van der Waals surface area contributed by atoms with Crippen LogP contribution in [-0.2, 0) is 28.4 Å². The first-order chi connectivity index (χ1) is 11.7. The van der Waals surface area contributed by atoms with Crippen LogP contribution in [0.5, 0.6) is 0 Å². The van der Waals surface area contributed by atoms with Crippen LogP contribution in [0, 0.1) is 18.3 Å². The van der Waals surface area contributed by atoms with Crippen molar-refractivity contribution < 1.29 is 26.7 Å². The van der Waals surface area contributed by atoms with Gasteiger partial charge >= 0.3 is 14.4 Å². The minimum atomic E-state index is -4.02. The van der Waals surface area contributed by atoms with Gasteiger partial charge in [0, 0.05) is 0 Å². The Morgan fingerprint density at radius 2 is 1.84 bits per heavy atom. The molecule has 0 saturated heterocycles. The zero-order valence-electron chi connectivity index (χ0n) is 15.1. The van der Waals surface area contributed by atoms with Crippen molar-refractivity contribution in [3.63, 3.8) is 0 Å². The third-order valence-corrected chi connectivity index (χ3v) is 5.82. The molecule has 140 valence electrons.